The molecule has 0 aliphatic rings. The second-order valence-corrected chi connectivity index (χ2v) is 5.33. The Bertz CT molecular complexity index is 135. The van der Waals surface area contributed by atoms with E-state index in [1.165, 1.54) is 0 Å². The van der Waals surface area contributed by atoms with E-state index < -0.39 is 0 Å². The van der Waals surface area contributed by atoms with Crippen LogP contribution in [0.15, 0.2) is 0 Å². The molecule has 0 unspecified atom stereocenters. The quantitative estimate of drug-likeness (QED) is 0.659. The highest BCUT2D eigenvalue weighted by molar-refractivity contribution is 7.99. The SMILES string of the molecule is CCCC(=O)CSCC(C)(C)C. The second-order valence-electron chi connectivity index (χ2n) is 4.34. The molecule has 0 atom stereocenters. The van der Waals surface area contributed by atoms with Crippen molar-refractivity contribution in [3.05, 3.63) is 0 Å². The standard InChI is InChI=1S/C10H20OS/c1-5-6-9(11)7-12-8-10(2,3)4/h5-8H2,1-4H3. The molecule has 0 N–H and O–H groups in total. The highest BCUT2D eigenvalue weighted by Gasteiger charge is 2.10. The van der Waals surface area contributed by atoms with E-state index in [0.717, 1.165) is 18.6 Å². The molecule has 0 aromatic carbocycles. The van der Waals surface area contributed by atoms with Crippen LogP contribution in [0.3, 0.4) is 0 Å². The summed E-state index contributed by atoms with van der Waals surface area (Å²) in [6.07, 6.45) is 1.73. The third kappa shape index (κ3) is 8.12. The Morgan fingerprint density at radius 1 is 1.33 bits per heavy atom. The predicted octanol–water partition coefficient (Wildman–Crippen LogP) is 3.13. The van der Waals surface area contributed by atoms with Gasteiger partial charge in [-0.3, -0.25) is 4.79 Å². The summed E-state index contributed by atoms with van der Waals surface area (Å²) >= 11 is 1.76. The zero-order valence-electron chi connectivity index (χ0n) is 8.64. The Labute approximate surface area is 80.3 Å². The molecule has 0 saturated carbocycles. The first kappa shape index (κ1) is 12.0. The van der Waals surface area contributed by atoms with Gasteiger partial charge in [-0.2, -0.15) is 11.8 Å². The van der Waals surface area contributed by atoms with Crippen molar-refractivity contribution >= 4 is 17.5 Å². The number of rotatable bonds is 5. The maximum atomic E-state index is 11.1. The average Bonchev–Trinajstić information content (AvgIpc) is 1.84. The maximum Gasteiger partial charge on any atom is 0.142 e. The van der Waals surface area contributed by atoms with Gasteiger partial charge in [0.05, 0.1) is 5.75 Å². The average molecular weight is 188 g/mol. The first-order valence-electron chi connectivity index (χ1n) is 4.55. The van der Waals surface area contributed by atoms with Crippen LogP contribution < -0.4 is 0 Å². The smallest absolute Gasteiger partial charge is 0.142 e. The zero-order valence-corrected chi connectivity index (χ0v) is 9.46. The summed E-state index contributed by atoms with van der Waals surface area (Å²) < 4.78 is 0. The molecule has 0 aliphatic carbocycles. The van der Waals surface area contributed by atoms with Gasteiger partial charge < -0.3 is 0 Å². The third-order valence-electron chi connectivity index (χ3n) is 1.33. The fourth-order valence-electron chi connectivity index (χ4n) is 0.822. The van der Waals surface area contributed by atoms with Crippen LogP contribution in [0.2, 0.25) is 0 Å². The van der Waals surface area contributed by atoms with Crippen LogP contribution in [0.5, 0.6) is 0 Å². The largest absolute Gasteiger partial charge is 0.299 e. The summed E-state index contributed by atoms with van der Waals surface area (Å²) in [5.41, 5.74) is 0.344. The number of carbonyl (C=O) groups excluding carboxylic acids is 1. The first-order valence-corrected chi connectivity index (χ1v) is 5.70. The Morgan fingerprint density at radius 3 is 2.33 bits per heavy atom. The predicted molar refractivity (Wildman–Crippen MR) is 56.7 cm³/mol. The molecule has 0 saturated heterocycles. The molecule has 2 heteroatoms. The summed E-state index contributed by atoms with van der Waals surface area (Å²) in [6.45, 7) is 8.64. The molecule has 0 fully saturated rings. The first-order chi connectivity index (χ1) is 5.45. The van der Waals surface area contributed by atoms with Crippen molar-refractivity contribution in [2.75, 3.05) is 11.5 Å². The molecule has 0 radical (unpaired) electrons. The molecule has 0 heterocycles. The fourth-order valence-corrected chi connectivity index (χ4v) is 1.91. The molecule has 0 rings (SSSR count). The van der Waals surface area contributed by atoms with E-state index in [0.29, 0.717) is 17.0 Å². The molecule has 72 valence electrons. The van der Waals surface area contributed by atoms with Crippen LogP contribution >= 0.6 is 11.8 Å². The van der Waals surface area contributed by atoms with Crippen molar-refractivity contribution < 1.29 is 4.79 Å². The van der Waals surface area contributed by atoms with Crippen molar-refractivity contribution in [3.63, 3.8) is 0 Å². The highest BCUT2D eigenvalue weighted by Crippen LogP contribution is 2.20. The van der Waals surface area contributed by atoms with Gasteiger partial charge in [0.15, 0.2) is 0 Å². The second kappa shape index (κ2) is 5.63. The number of ketones is 1. The normalized spacial score (nSPS) is 11.7. The fraction of sp³-hybridized carbons (Fsp3) is 0.900. The zero-order chi connectivity index (χ0) is 9.61. The topological polar surface area (TPSA) is 17.1 Å². The van der Waals surface area contributed by atoms with Crippen LogP contribution in [-0.4, -0.2) is 17.3 Å². The van der Waals surface area contributed by atoms with E-state index in [4.69, 9.17) is 0 Å². The van der Waals surface area contributed by atoms with Gasteiger partial charge in [0, 0.05) is 6.42 Å². The lowest BCUT2D eigenvalue weighted by molar-refractivity contribution is -0.116. The number of Topliss-reactive ketones (excluding diaryl/α,β-unsaturated/α-hetero) is 1. The van der Waals surface area contributed by atoms with Gasteiger partial charge >= 0.3 is 0 Å². The minimum Gasteiger partial charge on any atom is -0.299 e. The van der Waals surface area contributed by atoms with E-state index in [9.17, 15) is 4.79 Å². The Hall–Kier alpha value is 0.0200. The van der Waals surface area contributed by atoms with Crippen molar-refractivity contribution in [1.29, 1.82) is 0 Å². The van der Waals surface area contributed by atoms with Gasteiger partial charge in [-0.15, -0.1) is 0 Å². The number of hydrogen-bond acceptors (Lipinski definition) is 2. The molecule has 0 aromatic heterocycles. The molecule has 0 aliphatic heterocycles. The van der Waals surface area contributed by atoms with E-state index in [-0.39, 0.29) is 0 Å². The van der Waals surface area contributed by atoms with Crippen LogP contribution in [0.1, 0.15) is 40.5 Å². The molecule has 0 spiro atoms. The summed E-state index contributed by atoms with van der Waals surface area (Å²) in [5, 5.41) is 0. The van der Waals surface area contributed by atoms with Crippen LogP contribution in [0.4, 0.5) is 0 Å². The molecule has 12 heavy (non-hydrogen) atoms. The lowest BCUT2D eigenvalue weighted by atomic mass is 10.0. The van der Waals surface area contributed by atoms with Gasteiger partial charge in [0.25, 0.3) is 0 Å². The van der Waals surface area contributed by atoms with Crippen LogP contribution in [0.25, 0.3) is 0 Å². The van der Waals surface area contributed by atoms with E-state index in [1.54, 1.807) is 11.8 Å². The Balaban J connectivity index is 3.37. The maximum absolute atomic E-state index is 11.1. The summed E-state index contributed by atoms with van der Waals surface area (Å²) in [4.78, 5) is 11.1. The molecular weight excluding hydrogens is 168 g/mol. The number of thioether (sulfide) groups is 1. The lowest BCUT2D eigenvalue weighted by Crippen LogP contribution is -2.11. The number of hydrogen-bond donors (Lipinski definition) is 0. The van der Waals surface area contributed by atoms with Crippen molar-refractivity contribution in [1.82, 2.24) is 0 Å². The summed E-state index contributed by atoms with van der Waals surface area (Å²) in [5.74, 6) is 2.17. The molecule has 1 nitrogen and oxygen atoms in total. The third-order valence-corrected chi connectivity index (χ3v) is 2.92. The van der Waals surface area contributed by atoms with Gasteiger partial charge in [-0.05, 0) is 17.6 Å². The molecule has 0 amide bonds. The lowest BCUT2D eigenvalue weighted by Gasteiger charge is -2.16. The Kier molecular flexibility index (Phi) is 5.64. The van der Waals surface area contributed by atoms with Gasteiger partial charge in [-0.1, -0.05) is 27.7 Å². The van der Waals surface area contributed by atoms with Crippen molar-refractivity contribution in [3.8, 4) is 0 Å². The van der Waals surface area contributed by atoms with E-state index in [1.807, 2.05) is 6.92 Å². The minimum absolute atomic E-state index is 0.344. The van der Waals surface area contributed by atoms with E-state index >= 15 is 0 Å². The van der Waals surface area contributed by atoms with Crippen LogP contribution in [0, 0.1) is 5.41 Å². The van der Waals surface area contributed by atoms with E-state index in [2.05, 4.69) is 20.8 Å². The van der Waals surface area contributed by atoms with Crippen molar-refractivity contribution in [2.24, 2.45) is 5.41 Å². The summed E-state index contributed by atoms with van der Waals surface area (Å²) in [6, 6.07) is 0. The number of carbonyl (C=O) groups is 1. The van der Waals surface area contributed by atoms with Crippen molar-refractivity contribution in [2.45, 2.75) is 40.5 Å². The summed E-state index contributed by atoms with van der Waals surface area (Å²) in [7, 11) is 0. The highest BCUT2D eigenvalue weighted by atomic mass is 32.2. The van der Waals surface area contributed by atoms with Gasteiger partial charge in [-0.25, -0.2) is 0 Å². The molecule has 0 bridgehead atoms. The molecular formula is C10H20OS. The van der Waals surface area contributed by atoms with Gasteiger partial charge in [0.1, 0.15) is 5.78 Å². The van der Waals surface area contributed by atoms with Gasteiger partial charge in [0.2, 0.25) is 0 Å². The monoisotopic (exact) mass is 188 g/mol. The minimum atomic E-state index is 0.344. The Morgan fingerprint density at radius 2 is 1.92 bits per heavy atom. The van der Waals surface area contributed by atoms with Crippen LogP contribution in [-0.2, 0) is 4.79 Å². The molecule has 0 aromatic rings.